The third kappa shape index (κ3) is 6.71. The fraction of sp³-hybridized carbons (Fsp3) is 0.476. The summed E-state index contributed by atoms with van der Waals surface area (Å²) in [6.07, 6.45) is 1.86. The summed E-state index contributed by atoms with van der Waals surface area (Å²) in [6.45, 7) is 7.72. The molecule has 1 aliphatic rings. The number of amides is 1. The number of hydrogen-bond acceptors (Lipinski definition) is 5. The van der Waals surface area contributed by atoms with Gasteiger partial charge in [-0.2, -0.15) is 5.26 Å². The second-order valence-corrected chi connectivity index (χ2v) is 7.45. The third-order valence-corrected chi connectivity index (χ3v) is 4.64. The lowest BCUT2D eigenvalue weighted by atomic mass is 10.0. The summed E-state index contributed by atoms with van der Waals surface area (Å²) in [5.74, 6) is -1.61. The highest BCUT2D eigenvalue weighted by molar-refractivity contribution is 5.99. The first kappa shape index (κ1) is 21.5. The first-order valence-corrected chi connectivity index (χ1v) is 9.55. The summed E-state index contributed by atoms with van der Waals surface area (Å²) in [4.78, 5) is 27.9. The molecular weight excluding hydrogens is 356 g/mol. The van der Waals surface area contributed by atoms with Gasteiger partial charge in [-0.05, 0) is 17.9 Å². The summed E-state index contributed by atoms with van der Waals surface area (Å²) in [6, 6.07) is 11.1. The highest BCUT2D eigenvalue weighted by Gasteiger charge is 2.24. The number of aliphatic carboxylic acids is 1. The van der Waals surface area contributed by atoms with E-state index in [2.05, 4.69) is 22.3 Å². The minimum atomic E-state index is -1.09. The average molecular weight is 384 g/mol. The van der Waals surface area contributed by atoms with Crippen molar-refractivity contribution in [1.82, 2.24) is 15.1 Å². The molecule has 150 valence electrons. The molecule has 1 fully saturated rings. The molecule has 0 aromatic heterocycles. The minimum Gasteiger partial charge on any atom is -0.480 e. The van der Waals surface area contributed by atoms with Crippen molar-refractivity contribution in [2.45, 2.75) is 32.9 Å². The smallest absolute Gasteiger partial charge is 0.326 e. The molecule has 2 rings (SSSR count). The molecule has 0 bridgehead atoms. The molecule has 0 radical (unpaired) electrons. The van der Waals surface area contributed by atoms with Crippen LogP contribution in [0.4, 0.5) is 0 Å². The van der Waals surface area contributed by atoms with Gasteiger partial charge in [0.15, 0.2) is 0 Å². The molecule has 28 heavy (non-hydrogen) atoms. The van der Waals surface area contributed by atoms with E-state index in [4.69, 9.17) is 0 Å². The zero-order chi connectivity index (χ0) is 20.5. The van der Waals surface area contributed by atoms with Crippen LogP contribution >= 0.6 is 0 Å². The van der Waals surface area contributed by atoms with Crippen molar-refractivity contribution in [3.63, 3.8) is 0 Å². The van der Waals surface area contributed by atoms with Gasteiger partial charge in [0.25, 0.3) is 5.91 Å². The van der Waals surface area contributed by atoms with E-state index in [0.29, 0.717) is 19.5 Å². The topological polar surface area (TPSA) is 96.7 Å². The Morgan fingerprint density at radius 2 is 1.86 bits per heavy atom. The molecule has 1 saturated heterocycles. The van der Waals surface area contributed by atoms with Crippen LogP contribution in [0.15, 0.2) is 42.1 Å². The third-order valence-electron chi connectivity index (χ3n) is 4.64. The van der Waals surface area contributed by atoms with Crippen LogP contribution < -0.4 is 5.32 Å². The second kappa shape index (κ2) is 10.5. The maximum Gasteiger partial charge on any atom is 0.326 e. The molecule has 1 unspecified atom stereocenters. The van der Waals surface area contributed by atoms with Crippen LogP contribution in [0.1, 0.15) is 25.8 Å². The van der Waals surface area contributed by atoms with E-state index in [-0.39, 0.29) is 11.5 Å². The van der Waals surface area contributed by atoms with Crippen LogP contribution in [-0.2, 0) is 16.1 Å². The molecule has 0 aliphatic carbocycles. The number of carbonyl (C=O) groups excluding carboxylic acids is 1. The van der Waals surface area contributed by atoms with Crippen molar-refractivity contribution >= 4 is 11.9 Å². The van der Waals surface area contributed by atoms with E-state index in [1.54, 1.807) is 6.20 Å². The summed E-state index contributed by atoms with van der Waals surface area (Å²) >= 11 is 0. The number of rotatable bonds is 8. The summed E-state index contributed by atoms with van der Waals surface area (Å²) in [5.41, 5.74) is 1.19. The minimum absolute atomic E-state index is 0.0634. The molecule has 0 saturated carbocycles. The molecule has 1 heterocycles. The zero-order valence-electron chi connectivity index (χ0n) is 16.5. The fourth-order valence-electron chi connectivity index (χ4n) is 3.14. The molecule has 7 nitrogen and oxygen atoms in total. The van der Waals surface area contributed by atoms with Crippen LogP contribution in [-0.4, -0.2) is 59.0 Å². The molecule has 1 aromatic carbocycles. The first-order chi connectivity index (χ1) is 13.4. The molecular formula is C21H28N4O3. The van der Waals surface area contributed by atoms with Crippen LogP contribution in [0, 0.1) is 17.2 Å². The van der Waals surface area contributed by atoms with Crippen LogP contribution in [0.5, 0.6) is 0 Å². The van der Waals surface area contributed by atoms with Crippen molar-refractivity contribution < 1.29 is 14.7 Å². The summed E-state index contributed by atoms with van der Waals surface area (Å²) in [5, 5.41) is 21.1. The van der Waals surface area contributed by atoms with Crippen LogP contribution in [0.25, 0.3) is 0 Å². The Morgan fingerprint density at radius 1 is 1.21 bits per heavy atom. The normalized spacial score (nSPS) is 16.5. The maximum atomic E-state index is 12.3. The summed E-state index contributed by atoms with van der Waals surface area (Å²) < 4.78 is 0. The van der Waals surface area contributed by atoms with E-state index in [0.717, 1.165) is 19.6 Å². The van der Waals surface area contributed by atoms with E-state index in [1.165, 1.54) is 5.56 Å². The van der Waals surface area contributed by atoms with Crippen LogP contribution in [0.3, 0.4) is 0 Å². The number of hydrogen-bond donors (Lipinski definition) is 2. The van der Waals surface area contributed by atoms with Gasteiger partial charge in [0.05, 0.1) is 0 Å². The molecule has 0 spiro atoms. The highest BCUT2D eigenvalue weighted by atomic mass is 16.4. The summed E-state index contributed by atoms with van der Waals surface area (Å²) in [7, 11) is 0. The Balaban J connectivity index is 1.91. The SMILES string of the molecule is CC(C)CC(NC(=O)/C(C#N)=C\N1CCN(Cc2ccccc2)CC1)C(=O)O. The van der Waals surface area contributed by atoms with Gasteiger partial charge in [0.1, 0.15) is 17.7 Å². The molecule has 1 atom stereocenters. The molecule has 1 amide bonds. The first-order valence-electron chi connectivity index (χ1n) is 9.55. The van der Waals surface area contributed by atoms with Gasteiger partial charge in [-0.1, -0.05) is 44.2 Å². The Bertz CT molecular complexity index is 732. The van der Waals surface area contributed by atoms with Crippen molar-refractivity contribution in [3.05, 3.63) is 47.7 Å². The quantitative estimate of drug-likeness (QED) is 0.524. The lowest BCUT2D eigenvalue weighted by Gasteiger charge is -2.34. The number of nitriles is 1. The molecule has 1 aromatic rings. The predicted molar refractivity (Wildman–Crippen MR) is 106 cm³/mol. The van der Waals surface area contributed by atoms with Crippen molar-refractivity contribution in [2.24, 2.45) is 5.92 Å². The largest absolute Gasteiger partial charge is 0.480 e. The predicted octanol–water partition coefficient (Wildman–Crippen LogP) is 1.83. The number of piperazine rings is 1. The van der Waals surface area contributed by atoms with Crippen molar-refractivity contribution in [2.75, 3.05) is 26.2 Å². The number of nitrogens with zero attached hydrogens (tertiary/aromatic N) is 3. The number of carbonyl (C=O) groups is 2. The number of benzene rings is 1. The Hall–Kier alpha value is -2.85. The van der Waals surface area contributed by atoms with E-state index in [1.807, 2.05) is 43.0 Å². The Kier molecular flexibility index (Phi) is 8.02. The van der Waals surface area contributed by atoms with Crippen LogP contribution in [0.2, 0.25) is 0 Å². The van der Waals surface area contributed by atoms with Gasteiger partial charge in [-0.15, -0.1) is 0 Å². The zero-order valence-corrected chi connectivity index (χ0v) is 16.5. The van der Waals surface area contributed by atoms with Gasteiger partial charge >= 0.3 is 5.97 Å². The van der Waals surface area contributed by atoms with Gasteiger partial charge in [0.2, 0.25) is 0 Å². The Morgan fingerprint density at radius 3 is 2.39 bits per heavy atom. The number of nitrogens with one attached hydrogen (secondary N) is 1. The van der Waals surface area contributed by atoms with Crippen molar-refractivity contribution in [1.29, 1.82) is 5.26 Å². The van der Waals surface area contributed by atoms with E-state index in [9.17, 15) is 20.0 Å². The standard InChI is InChI=1S/C21H28N4O3/c1-16(2)12-19(21(27)28)23-20(26)18(13-22)15-25-10-8-24(9-11-25)14-17-6-4-3-5-7-17/h3-7,15-16,19H,8-12,14H2,1-2H3,(H,23,26)(H,27,28)/b18-15-. The van der Waals surface area contributed by atoms with Crippen molar-refractivity contribution in [3.8, 4) is 6.07 Å². The van der Waals surface area contributed by atoms with E-state index >= 15 is 0 Å². The van der Waals surface area contributed by atoms with E-state index < -0.39 is 17.9 Å². The lowest BCUT2D eigenvalue weighted by molar-refractivity contribution is -0.141. The fourth-order valence-corrected chi connectivity index (χ4v) is 3.14. The molecule has 1 aliphatic heterocycles. The monoisotopic (exact) mass is 384 g/mol. The molecule has 2 N–H and O–H groups in total. The van der Waals surface area contributed by atoms with Gasteiger partial charge in [-0.3, -0.25) is 9.69 Å². The molecule has 7 heteroatoms. The van der Waals surface area contributed by atoms with Gasteiger partial charge in [0, 0.05) is 38.9 Å². The lowest BCUT2D eigenvalue weighted by Crippen LogP contribution is -2.45. The number of carboxylic acid groups (broad SMARTS) is 1. The average Bonchev–Trinajstić information content (AvgIpc) is 2.67. The van der Waals surface area contributed by atoms with Gasteiger partial charge in [-0.25, -0.2) is 4.79 Å². The second-order valence-electron chi connectivity index (χ2n) is 7.45. The number of carboxylic acids is 1. The highest BCUT2D eigenvalue weighted by Crippen LogP contribution is 2.11. The van der Waals surface area contributed by atoms with Gasteiger partial charge < -0.3 is 15.3 Å². The Labute approximate surface area is 166 Å². The maximum absolute atomic E-state index is 12.3.